The van der Waals surface area contributed by atoms with E-state index in [2.05, 4.69) is 20.5 Å². The molecule has 0 saturated heterocycles. The number of anilines is 1. The molecule has 0 saturated carbocycles. The van der Waals surface area contributed by atoms with E-state index in [0.717, 1.165) is 17.8 Å². The van der Waals surface area contributed by atoms with Crippen molar-refractivity contribution >= 4 is 35.0 Å². The summed E-state index contributed by atoms with van der Waals surface area (Å²) in [5, 5.41) is 10.6. The number of nitrogens with one attached hydrogen (secondary N) is 2. The zero-order valence-corrected chi connectivity index (χ0v) is 16.1. The van der Waals surface area contributed by atoms with Crippen LogP contribution >= 0.6 is 23.4 Å². The summed E-state index contributed by atoms with van der Waals surface area (Å²) in [5.74, 6) is -0.302. The van der Waals surface area contributed by atoms with Gasteiger partial charge in [0, 0.05) is 11.3 Å². The van der Waals surface area contributed by atoms with Crippen molar-refractivity contribution in [3.8, 4) is 17.0 Å². The van der Waals surface area contributed by atoms with Gasteiger partial charge in [-0.2, -0.15) is 0 Å². The third-order valence-electron chi connectivity index (χ3n) is 3.58. The molecule has 28 heavy (non-hydrogen) atoms. The van der Waals surface area contributed by atoms with Gasteiger partial charge in [0.05, 0.1) is 17.9 Å². The van der Waals surface area contributed by atoms with Crippen LogP contribution in [0.2, 0.25) is 5.02 Å². The van der Waals surface area contributed by atoms with Gasteiger partial charge in [-0.05, 0) is 42.5 Å². The van der Waals surface area contributed by atoms with Gasteiger partial charge in [0.1, 0.15) is 11.6 Å². The Kier molecular flexibility index (Phi) is 6.27. The van der Waals surface area contributed by atoms with Crippen LogP contribution in [0.25, 0.3) is 11.3 Å². The number of hydrogen-bond donors (Lipinski definition) is 2. The van der Waals surface area contributed by atoms with E-state index in [1.807, 2.05) is 0 Å². The van der Waals surface area contributed by atoms with Crippen LogP contribution in [0.4, 0.5) is 10.1 Å². The van der Waals surface area contributed by atoms with E-state index < -0.39 is 11.4 Å². The summed E-state index contributed by atoms with van der Waals surface area (Å²) < 4.78 is 18.2. The van der Waals surface area contributed by atoms with Gasteiger partial charge in [0.25, 0.3) is 5.56 Å². The Hall–Kier alpha value is -2.91. The number of methoxy groups -OCH3 is 1. The van der Waals surface area contributed by atoms with Gasteiger partial charge in [0.2, 0.25) is 5.91 Å². The minimum atomic E-state index is -0.571. The maximum Gasteiger partial charge on any atom is 0.278 e. The van der Waals surface area contributed by atoms with Crippen LogP contribution in [-0.2, 0) is 4.79 Å². The van der Waals surface area contributed by atoms with Crippen molar-refractivity contribution < 1.29 is 13.9 Å². The van der Waals surface area contributed by atoms with Crippen molar-refractivity contribution in [3.05, 3.63) is 63.7 Å². The number of carbonyl (C=O) groups is 1. The Morgan fingerprint density at radius 2 is 2.00 bits per heavy atom. The number of H-pyrrole nitrogens is 1. The third-order valence-corrected chi connectivity index (χ3v) is 4.74. The SMILES string of the molecule is COc1ccc(-c2nnc(SCC(=O)Nc3ccc(F)c(Cl)c3)[nH]c2=O)cc1. The number of thioether (sulfide) groups is 1. The van der Waals surface area contributed by atoms with Crippen molar-refractivity contribution in [2.24, 2.45) is 0 Å². The highest BCUT2D eigenvalue weighted by Gasteiger charge is 2.11. The molecule has 10 heteroatoms. The van der Waals surface area contributed by atoms with E-state index in [0.29, 0.717) is 17.0 Å². The van der Waals surface area contributed by atoms with Crippen molar-refractivity contribution in [3.63, 3.8) is 0 Å². The highest BCUT2D eigenvalue weighted by atomic mass is 35.5. The van der Waals surface area contributed by atoms with E-state index in [1.165, 1.54) is 12.1 Å². The minimum absolute atomic E-state index is 0.0263. The van der Waals surface area contributed by atoms with Crippen molar-refractivity contribution in [2.45, 2.75) is 5.16 Å². The lowest BCUT2D eigenvalue weighted by Gasteiger charge is -2.06. The number of rotatable bonds is 6. The summed E-state index contributed by atoms with van der Waals surface area (Å²) in [4.78, 5) is 26.8. The molecule has 2 aromatic carbocycles. The number of benzene rings is 2. The summed E-state index contributed by atoms with van der Waals surface area (Å²) in [6.45, 7) is 0. The Morgan fingerprint density at radius 1 is 1.25 bits per heavy atom. The molecule has 7 nitrogen and oxygen atoms in total. The summed E-state index contributed by atoms with van der Waals surface area (Å²) >= 11 is 6.68. The van der Waals surface area contributed by atoms with Crippen LogP contribution < -0.4 is 15.6 Å². The highest BCUT2D eigenvalue weighted by molar-refractivity contribution is 7.99. The van der Waals surface area contributed by atoms with Crippen LogP contribution in [0.1, 0.15) is 0 Å². The van der Waals surface area contributed by atoms with Crippen molar-refractivity contribution in [1.29, 1.82) is 0 Å². The van der Waals surface area contributed by atoms with Gasteiger partial charge in [-0.25, -0.2) is 4.39 Å². The molecule has 0 atom stereocenters. The number of carbonyl (C=O) groups excluding carboxylic acids is 1. The molecule has 0 fully saturated rings. The fourth-order valence-electron chi connectivity index (χ4n) is 2.23. The normalized spacial score (nSPS) is 10.5. The molecular formula is C18H14ClFN4O3S. The number of aromatic nitrogens is 3. The number of halogens is 2. The molecule has 0 aliphatic carbocycles. The van der Waals surface area contributed by atoms with Crippen LogP contribution in [0.5, 0.6) is 5.75 Å². The molecule has 1 heterocycles. The fourth-order valence-corrected chi connectivity index (χ4v) is 3.01. The lowest BCUT2D eigenvalue weighted by atomic mass is 10.1. The first kappa shape index (κ1) is 19.8. The molecule has 144 valence electrons. The van der Waals surface area contributed by atoms with Gasteiger partial charge < -0.3 is 10.1 Å². The number of ether oxygens (including phenoxy) is 1. The molecule has 0 spiro atoms. The van der Waals surface area contributed by atoms with E-state index in [-0.39, 0.29) is 27.5 Å². The number of amides is 1. The first-order valence-electron chi connectivity index (χ1n) is 7.95. The smallest absolute Gasteiger partial charge is 0.278 e. The van der Waals surface area contributed by atoms with Crippen molar-refractivity contribution in [1.82, 2.24) is 15.2 Å². The van der Waals surface area contributed by atoms with Crippen LogP contribution in [0.3, 0.4) is 0 Å². The molecule has 0 aliphatic heterocycles. The van der Waals surface area contributed by atoms with Gasteiger partial charge >= 0.3 is 0 Å². The van der Waals surface area contributed by atoms with E-state index >= 15 is 0 Å². The quantitative estimate of drug-likeness (QED) is 0.593. The lowest BCUT2D eigenvalue weighted by Crippen LogP contribution is -2.17. The fraction of sp³-hybridized carbons (Fsp3) is 0.111. The molecule has 0 aliphatic rings. The summed E-state index contributed by atoms with van der Waals surface area (Å²) in [6.07, 6.45) is 0. The molecule has 0 unspecified atom stereocenters. The predicted molar refractivity (Wildman–Crippen MR) is 105 cm³/mol. The first-order valence-corrected chi connectivity index (χ1v) is 9.32. The standard InChI is InChI=1S/C18H14ClFN4O3S/c1-27-12-5-2-10(3-6-12)16-17(26)22-18(24-23-16)28-9-15(25)21-11-4-7-14(20)13(19)8-11/h2-8H,9H2,1H3,(H,21,25)(H,22,24,26). The minimum Gasteiger partial charge on any atom is -0.497 e. The first-order chi connectivity index (χ1) is 13.5. The molecule has 1 aromatic heterocycles. The van der Waals surface area contributed by atoms with Gasteiger partial charge in [0.15, 0.2) is 10.9 Å². The zero-order chi connectivity index (χ0) is 20.1. The Labute approximate surface area is 168 Å². The van der Waals surface area contributed by atoms with Crippen LogP contribution in [0, 0.1) is 5.82 Å². The second-order valence-electron chi connectivity index (χ2n) is 5.50. The summed E-state index contributed by atoms with van der Waals surface area (Å²) in [5.41, 5.74) is 0.703. The van der Waals surface area contributed by atoms with E-state index in [4.69, 9.17) is 16.3 Å². The predicted octanol–water partition coefficient (Wildman–Crippen LogP) is 3.36. The van der Waals surface area contributed by atoms with Gasteiger partial charge in [-0.15, -0.1) is 10.2 Å². The molecule has 3 rings (SSSR count). The van der Waals surface area contributed by atoms with E-state index in [9.17, 15) is 14.0 Å². The second kappa shape index (κ2) is 8.85. The average Bonchev–Trinajstić information content (AvgIpc) is 2.69. The summed E-state index contributed by atoms with van der Waals surface area (Å²) in [6, 6.07) is 10.7. The highest BCUT2D eigenvalue weighted by Crippen LogP contribution is 2.21. The molecular weight excluding hydrogens is 407 g/mol. The zero-order valence-electron chi connectivity index (χ0n) is 14.5. The maximum absolute atomic E-state index is 13.1. The number of aromatic amines is 1. The average molecular weight is 421 g/mol. The monoisotopic (exact) mass is 420 g/mol. The Balaban J connectivity index is 1.63. The topological polar surface area (TPSA) is 97.0 Å². The maximum atomic E-state index is 13.1. The molecule has 2 N–H and O–H groups in total. The molecule has 3 aromatic rings. The van der Waals surface area contributed by atoms with Gasteiger partial charge in [-0.1, -0.05) is 23.4 Å². The third kappa shape index (κ3) is 4.87. The van der Waals surface area contributed by atoms with Crippen LogP contribution in [-0.4, -0.2) is 34.0 Å². The van der Waals surface area contributed by atoms with E-state index in [1.54, 1.807) is 31.4 Å². The van der Waals surface area contributed by atoms with Crippen LogP contribution in [0.15, 0.2) is 52.4 Å². The molecule has 0 radical (unpaired) electrons. The second-order valence-corrected chi connectivity index (χ2v) is 6.87. The lowest BCUT2D eigenvalue weighted by molar-refractivity contribution is -0.113. The number of nitrogens with zero attached hydrogens (tertiary/aromatic N) is 2. The Bertz CT molecular complexity index is 1060. The molecule has 1 amide bonds. The van der Waals surface area contributed by atoms with Crippen molar-refractivity contribution in [2.75, 3.05) is 18.2 Å². The summed E-state index contributed by atoms with van der Waals surface area (Å²) in [7, 11) is 1.55. The molecule has 0 bridgehead atoms. The largest absolute Gasteiger partial charge is 0.497 e. The Morgan fingerprint density at radius 3 is 2.64 bits per heavy atom. The van der Waals surface area contributed by atoms with Gasteiger partial charge in [-0.3, -0.25) is 14.6 Å². The number of hydrogen-bond acceptors (Lipinski definition) is 6.